The number of Topliss-reactive ketones (excluding diaryl/α,β-unsaturated/α-hetero) is 2. The number of nitrogens with zero attached hydrogens (tertiary/aromatic N) is 1. The minimum Gasteiger partial charge on any atom is -0.508 e. The van der Waals surface area contributed by atoms with Crippen LogP contribution in [-0.4, -0.2) is 93.6 Å². The number of likely N-dealkylation sites (N-methyl/N-ethyl adjacent to an activating group) is 1. The Kier molecular flexibility index (Phi) is 9.93. The predicted molar refractivity (Wildman–Crippen MR) is 181 cm³/mol. The van der Waals surface area contributed by atoms with Gasteiger partial charge in [0.15, 0.2) is 11.4 Å². The Labute approximate surface area is 286 Å². The summed E-state index contributed by atoms with van der Waals surface area (Å²) in [5.74, 6) is -8.87. The van der Waals surface area contributed by atoms with Gasteiger partial charge in [0.05, 0.1) is 33.4 Å². The summed E-state index contributed by atoms with van der Waals surface area (Å²) in [4.78, 5) is 40.4. The van der Waals surface area contributed by atoms with Crippen molar-refractivity contribution < 1.29 is 53.8 Å². The molecule has 1 amide bonds. The number of hydrogen-bond acceptors (Lipinski definition) is 13. The van der Waals surface area contributed by atoms with Crippen molar-refractivity contribution in [1.82, 2.24) is 4.90 Å². The van der Waals surface area contributed by atoms with Crippen LogP contribution in [-0.2, 0) is 24.2 Å². The fourth-order valence-electron chi connectivity index (χ4n) is 7.01. The van der Waals surface area contributed by atoms with Crippen molar-refractivity contribution in [3.8, 4) is 5.75 Å². The molecule has 0 aliphatic heterocycles. The number of aliphatic hydroxyl groups is 4. The number of hydrogen-bond donors (Lipinski definition) is 8. The lowest BCUT2D eigenvalue weighted by molar-refractivity contribution is -0.169. The van der Waals surface area contributed by atoms with E-state index in [9.17, 15) is 48.3 Å². The molecule has 3 aromatic rings. The van der Waals surface area contributed by atoms with Gasteiger partial charge >= 0.3 is 0 Å². The zero-order valence-electron chi connectivity index (χ0n) is 27.1. The Morgan fingerprint density at radius 3 is 1.84 bits per heavy atom. The van der Waals surface area contributed by atoms with Crippen LogP contribution in [0.25, 0.3) is 5.76 Å². The third-order valence-electron chi connectivity index (χ3n) is 9.37. The number of nitrogen functional groups attached to an aromatic ring is 2. The molecule has 15 nitrogen and oxygen atoms in total. The van der Waals surface area contributed by atoms with Crippen LogP contribution < -0.4 is 17.2 Å². The molecule has 50 heavy (non-hydrogen) atoms. The highest BCUT2D eigenvalue weighted by Crippen LogP contribution is 2.56. The van der Waals surface area contributed by atoms with Gasteiger partial charge in [0.25, 0.3) is 5.91 Å². The van der Waals surface area contributed by atoms with Crippen LogP contribution >= 0.6 is 0 Å². The molecule has 3 aliphatic rings. The molecular weight excluding hydrogens is 672 g/mol. The average molecular weight is 711 g/mol. The highest BCUT2D eigenvalue weighted by molar-refractivity contribution is 7.91. The van der Waals surface area contributed by atoms with Gasteiger partial charge in [-0.1, -0.05) is 19.1 Å². The Balaban J connectivity index is 0.000000264. The van der Waals surface area contributed by atoms with Gasteiger partial charge in [0.2, 0.25) is 15.6 Å². The SMILES string of the molecule is C[C@H]1c2cccc(O)c2C(O)=C2C(=O)[C@]3(O)C(O)=C(C(N)=O)C(=O)[C@@H](N(C)C)[C@@H]3[C@@H](O)[C@@H]21.Nc1ccc(S(=O)(=O)c2ccc(N)cc2)cc1.O. The quantitative estimate of drug-likeness (QED) is 0.134. The molecule has 266 valence electrons. The van der Waals surface area contributed by atoms with E-state index in [2.05, 4.69) is 0 Å². The van der Waals surface area contributed by atoms with E-state index in [1.54, 1.807) is 43.3 Å². The van der Waals surface area contributed by atoms with Gasteiger partial charge in [-0.05, 0) is 80.2 Å². The number of rotatable bonds is 4. The molecule has 3 aromatic carbocycles. The Morgan fingerprint density at radius 1 is 0.880 bits per heavy atom. The first-order chi connectivity index (χ1) is 22.9. The summed E-state index contributed by atoms with van der Waals surface area (Å²) < 4.78 is 24.3. The van der Waals surface area contributed by atoms with E-state index < -0.39 is 85.5 Å². The number of carbonyl (C=O) groups excluding carboxylic acids is 3. The summed E-state index contributed by atoms with van der Waals surface area (Å²) in [6, 6.07) is 15.3. The predicted octanol–water partition coefficient (Wildman–Crippen LogP) is 0.355. The molecule has 16 heteroatoms. The first-order valence-corrected chi connectivity index (χ1v) is 16.5. The van der Waals surface area contributed by atoms with Crippen LogP contribution in [0.1, 0.15) is 24.0 Å². The highest BCUT2D eigenvalue weighted by atomic mass is 32.2. The van der Waals surface area contributed by atoms with Gasteiger partial charge in [-0.15, -0.1) is 0 Å². The second-order valence-corrected chi connectivity index (χ2v) is 14.4. The summed E-state index contributed by atoms with van der Waals surface area (Å²) in [6.07, 6.45) is -1.59. The minimum absolute atomic E-state index is 0. The number of sulfone groups is 1. The molecule has 0 saturated heterocycles. The number of aliphatic hydroxyl groups excluding tert-OH is 3. The van der Waals surface area contributed by atoms with Crippen LogP contribution in [0.5, 0.6) is 5.75 Å². The molecule has 1 fully saturated rings. The summed E-state index contributed by atoms with van der Waals surface area (Å²) in [6.45, 7) is 1.68. The van der Waals surface area contributed by atoms with Gasteiger partial charge in [-0.25, -0.2) is 8.42 Å². The normalized spacial score (nSPS) is 25.8. The van der Waals surface area contributed by atoms with Crippen molar-refractivity contribution in [2.75, 3.05) is 25.6 Å². The average Bonchev–Trinajstić information content (AvgIpc) is 3.03. The standard InChI is InChI=1S/C22H24N2O8.C12H12N2O2S.H2O/c1-7-8-5-4-6-9(25)11(8)16(26)12-10(7)17(27)14-15(24(2)3)18(28)13(21(23)31)20(30)22(14,32)19(12)29;13-9-1-5-11(6-2-9)17(15,16)12-7-3-10(14)4-8-12;/h4-7,10,14-15,17,25-27,30,32H,1-3H3,(H2,23,31);1-8H,13-14H2;1H2/t7-,10+,14+,15-,17-,22-;;/m0../s1. The lowest BCUT2D eigenvalue weighted by atomic mass is 9.54. The number of aromatic hydroxyl groups is 1. The van der Waals surface area contributed by atoms with Crippen LogP contribution in [0.4, 0.5) is 11.4 Å². The topological polar surface area (TPSA) is 299 Å². The second-order valence-electron chi connectivity index (χ2n) is 12.4. The smallest absolute Gasteiger partial charge is 0.255 e. The Hall–Kier alpha value is -5.26. The summed E-state index contributed by atoms with van der Waals surface area (Å²) in [7, 11) is -0.564. The fraction of sp³-hybridized carbons (Fsp3) is 0.265. The van der Waals surface area contributed by atoms with E-state index in [4.69, 9.17) is 17.2 Å². The molecule has 0 heterocycles. The Bertz CT molecular complexity index is 1990. The summed E-state index contributed by atoms with van der Waals surface area (Å²) in [5, 5.41) is 54.9. The zero-order chi connectivity index (χ0) is 36.3. The molecular formula is C34H38N4O11S. The molecule has 13 N–H and O–H groups in total. The van der Waals surface area contributed by atoms with E-state index in [1.165, 1.54) is 49.3 Å². The van der Waals surface area contributed by atoms with Crippen LogP contribution in [0, 0.1) is 11.8 Å². The van der Waals surface area contributed by atoms with Gasteiger partial charge in [0.1, 0.15) is 22.8 Å². The largest absolute Gasteiger partial charge is 0.508 e. The third kappa shape index (κ3) is 5.66. The number of fused-ring (bicyclic) bond motifs is 3. The minimum atomic E-state index is -3.48. The first-order valence-electron chi connectivity index (χ1n) is 15.0. The van der Waals surface area contributed by atoms with Crippen LogP contribution in [0.15, 0.2) is 93.4 Å². The zero-order valence-corrected chi connectivity index (χ0v) is 27.9. The molecule has 0 radical (unpaired) electrons. The van der Waals surface area contributed by atoms with Crippen molar-refractivity contribution in [3.05, 3.63) is 94.8 Å². The number of phenols is 1. The molecule has 6 rings (SSSR count). The van der Waals surface area contributed by atoms with Crippen LogP contribution in [0.3, 0.4) is 0 Å². The van der Waals surface area contributed by atoms with Gasteiger partial charge < -0.3 is 48.2 Å². The second kappa shape index (κ2) is 13.2. The first kappa shape index (κ1) is 37.6. The van der Waals surface area contributed by atoms with Crippen molar-refractivity contribution in [2.24, 2.45) is 17.6 Å². The Morgan fingerprint density at radius 2 is 1.38 bits per heavy atom. The van der Waals surface area contributed by atoms with Crippen molar-refractivity contribution >= 4 is 44.4 Å². The number of amides is 1. The molecule has 3 aliphatic carbocycles. The molecule has 0 unspecified atom stereocenters. The number of anilines is 2. The maximum atomic E-state index is 13.7. The lowest BCUT2D eigenvalue weighted by Crippen LogP contribution is -2.70. The number of phenolic OH excluding ortho intramolecular Hbond substituents is 1. The van der Waals surface area contributed by atoms with Gasteiger partial charge in [0, 0.05) is 22.9 Å². The molecule has 0 spiro atoms. The monoisotopic (exact) mass is 710 g/mol. The highest BCUT2D eigenvalue weighted by Gasteiger charge is 2.68. The molecule has 0 bridgehead atoms. The van der Waals surface area contributed by atoms with Crippen molar-refractivity contribution in [3.63, 3.8) is 0 Å². The number of carbonyl (C=O) groups is 3. The van der Waals surface area contributed by atoms with Crippen LogP contribution in [0.2, 0.25) is 0 Å². The molecule has 6 atom stereocenters. The van der Waals surface area contributed by atoms with Gasteiger partial charge in [-0.2, -0.15) is 0 Å². The van der Waals surface area contributed by atoms with E-state index in [1.807, 2.05) is 0 Å². The van der Waals surface area contributed by atoms with E-state index >= 15 is 0 Å². The third-order valence-corrected chi connectivity index (χ3v) is 11.2. The van der Waals surface area contributed by atoms with Gasteiger partial charge in [-0.3, -0.25) is 19.3 Å². The number of nitrogens with two attached hydrogens (primary N) is 3. The van der Waals surface area contributed by atoms with Crippen molar-refractivity contribution in [2.45, 2.75) is 40.4 Å². The van der Waals surface area contributed by atoms with E-state index in [0.29, 0.717) is 16.9 Å². The molecule has 1 saturated carbocycles. The number of ketones is 2. The van der Waals surface area contributed by atoms with Crippen molar-refractivity contribution in [1.29, 1.82) is 0 Å². The van der Waals surface area contributed by atoms with E-state index in [-0.39, 0.29) is 26.6 Å². The lowest BCUT2D eigenvalue weighted by Gasteiger charge is -2.53. The number of primary amides is 1. The summed E-state index contributed by atoms with van der Waals surface area (Å²) >= 11 is 0. The maximum absolute atomic E-state index is 13.7. The molecule has 0 aromatic heterocycles. The fourth-order valence-corrected chi connectivity index (χ4v) is 8.27. The summed E-state index contributed by atoms with van der Waals surface area (Å²) in [5.41, 5.74) is 13.6. The van der Waals surface area contributed by atoms with E-state index in [0.717, 1.165) is 0 Å². The number of benzene rings is 3. The maximum Gasteiger partial charge on any atom is 0.255 e.